The van der Waals surface area contributed by atoms with E-state index in [2.05, 4.69) is 10.4 Å². The second kappa shape index (κ2) is 8.83. The molecule has 0 saturated heterocycles. The second-order valence-electron chi connectivity index (χ2n) is 8.71. The molecule has 5 rings (SSSR count). The molecule has 0 spiro atoms. The summed E-state index contributed by atoms with van der Waals surface area (Å²) >= 11 is 0. The lowest BCUT2D eigenvalue weighted by Crippen LogP contribution is -2.37. The maximum absolute atomic E-state index is 14.1. The number of ether oxygens (including phenoxy) is 2. The first-order valence-electron chi connectivity index (χ1n) is 11.3. The maximum Gasteiger partial charge on any atom is 0.410 e. The number of hydrogen-bond donors (Lipinski definition) is 1. The van der Waals surface area contributed by atoms with Crippen molar-refractivity contribution in [3.8, 4) is 11.5 Å². The summed E-state index contributed by atoms with van der Waals surface area (Å²) in [6.07, 6.45) is -4.12. The molecule has 3 aromatic rings. The molecule has 0 saturated carbocycles. The molecule has 1 aromatic heterocycles. The smallest absolute Gasteiger partial charge is 0.410 e. The lowest BCUT2D eigenvalue weighted by Gasteiger charge is -2.33. The van der Waals surface area contributed by atoms with Crippen LogP contribution in [-0.4, -0.2) is 47.5 Å². The standard InChI is InChI=1S/C25H25F3N4O3/c1-34-20-8-7-16(11-21(20)35-2)18-12-22(25(26,27)28)32-23(29-18)13-19(30-32)24(33)31-10-9-15-5-3-4-6-17(15)14-31/h3-8,11,13,18,22,29H,9-10,12,14H2,1-2H3/t18-,22-/m0/s1. The largest absolute Gasteiger partial charge is 0.493 e. The van der Waals surface area contributed by atoms with Crippen molar-refractivity contribution in [1.82, 2.24) is 14.7 Å². The first-order valence-corrected chi connectivity index (χ1v) is 11.3. The number of carbonyl (C=O) groups excluding carboxylic acids is 1. The number of halogens is 3. The highest BCUT2D eigenvalue weighted by atomic mass is 19.4. The van der Waals surface area contributed by atoms with E-state index in [4.69, 9.17) is 9.47 Å². The van der Waals surface area contributed by atoms with Crippen molar-refractivity contribution >= 4 is 11.7 Å². The number of benzene rings is 2. The number of nitrogens with zero attached hydrogens (tertiary/aromatic N) is 3. The van der Waals surface area contributed by atoms with E-state index in [1.807, 2.05) is 24.3 Å². The number of fused-ring (bicyclic) bond motifs is 2. The second-order valence-corrected chi connectivity index (χ2v) is 8.71. The van der Waals surface area contributed by atoms with E-state index >= 15 is 0 Å². The van der Waals surface area contributed by atoms with E-state index < -0.39 is 18.3 Å². The molecule has 0 unspecified atom stereocenters. The zero-order valence-electron chi connectivity index (χ0n) is 19.3. The molecule has 3 heterocycles. The first-order chi connectivity index (χ1) is 16.8. The Balaban J connectivity index is 1.44. The summed E-state index contributed by atoms with van der Waals surface area (Å²) in [5.41, 5.74) is 2.83. The number of alkyl halides is 3. The molecule has 7 nitrogen and oxygen atoms in total. The van der Waals surface area contributed by atoms with Crippen LogP contribution in [0.15, 0.2) is 48.5 Å². The van der Waals surface area contributed by atoms with Gasteiger partial charge < -0.3 is 19.7 Å². The molecule has 184 valence electrons. The van der Waals surface area contributed by atoms with E-state index in [1.165, 1.54) is 25.8 Å². The molecule has 0 fully saturated rings. The van der Waals surface area contributed by atoms with Crippen LogP contribution < -0.4 is 14.8 Å². The summed E-state index contributed by atoms with van der Waals surface area (Å²) in [6.45, 7) is 0.893. The fraction of sp³-hybridized carbons (Fsp3) is 0.360. The van der Waals surface area contributed by atoms with Crippen molar-refractivity contribution in [1.29, 1.82) is 0 Å². The Morgan fingerprint density at radius 3 is 2.51 bits per heavy atom. The zero-order chi connectivity index (χ0) is 24.7. The van der Waals surface area contributed by atoms with Crippen molar-refractivity contribution < 1.29 is 27.4 Å². The van der Waals surface area contributed by atoms with Crippen LogP contribution in [-0.2, 0) is 13.0 Å². The third kappa shape index (κ3) is 4.28. The third-order valence-electron chi connectivity index (χ3n) is 6.64. The fourth-order valence-electron chi connectivity index (χ4n) is 4.80. The summed E-state index contributed by atoms with van der Waals surface area (Å²) in [4.78, 5) is 14.8. The van der Waals surface area contributed by atoms with Gasteiger partial charge in [-0.3, -0.25) is 4.79 Å². The number of aromatic nitrogens is 2. The van der Waals surface area contributed by atoms with Gasteiger partial charge >= 0.3 is 6.18 Å². The van der Waals surface area contributed by atoms with Crippen LogP contribution in [0.3, 0.4) is 0 Å². The normalized spacial score (nSPS) is 19.4. The van der Waals surface area contributed by atoms with Gasteiger partial charge in [0, 0.05) is 25.6 Å². The van der Waals surface area contributed by atoms with Crippen LogP contribution in [0.1, 0.15) is 45.7 Å². The molecule has 1 N–H and O–H groups in total. The minimum atomic E-state index is -4.54. The number of carbonyl (C=O) groups is 1. The summed E-state index contributed by atoms with van der Waals surface area (Å²) in [6, 6.07) is 11.8. The van der Waals surface area contributed by atoms with Gasteiger partial charge in [-0.05, 0) is 35.2 Å². The van der Waals surface area contributed by atoms with Gasteiger partial charge in [-0.15, -0.1) is 0 Å². The van der Waals surface area contributed by atoms with Gasteiger partial charge in [0.05, 0.1) is 20.3 Å². The lowest BCUT2D eigenvalue weighted by molar-refractivity contribution is -0.173. The number of nitrogens with one attached hydrogen (secondary N) is 1. The molecule has 0 radical (unpaired) electrons. The van der Waals surface area contributed by atoms with Crippen LogP contribution in [0.5, 0.6) is 11.5 Å². The van der Waals surface area contributed by atoms with Gasteiger partial charge in [0.25, 0.3) is 5.91 Å². The summed E-state index contributed by atoms with van der Waals surface area (Å²) in [5, 5.41) is 7.25. The zero-order valence-corrected chi connectivity index (χ0v) is 19.3. The number of rotatable bonds is 4. The van der Waals surface area contributed by atoms with E-state index in [0.717, 1.165) is 10.2 Å². The SMILES string of the molecule is COc1ccc([C@@H]2C[C@@H](C(F)(F)F)n3nc(C(=O)N4CCc5ccccc5C4)cc3N2)cc1OC. The Labute approximate surface area is 200 Å². The summed E-state index contributed by atoms with van der Waals surface area (Å²) in [5.74, 6) is 0.682. The van der Waals surface area contributed by atoms with Crippen LogP contribution in [0.4, 0.5) is 19.0 Å². The van der Waals surface area contributed by atoms with Gasteiger partial charge in [0.2, 0.25) is 0 Å². The van der Waals surface area contributed by atoms with E-state index in [0.29, 0.717) is 36.6 Å². The maximum atomic E-state index is 14.1. The van der Waals surface area contributed by atoms with Gasteiger partial charge in [0.15, 0.2) is 23.2 Å². The predicted octanol–water partition coefficient (Wildman–Crippen LogP) is 4.76. The topological polar surface area (TPSA) is 68.6 Å². The molecule has 35 heavy (non-hydrogen) atoms. The molecule has 2 atom stereocenters. The Morgan fingerprint density at radius 1 is 1.06 bits per heavy atom. The van der Waals surface area contributed by atoms with Crippen LogP contribution in [0.25, 0.3) is 0 Å². The molecular formula is C25H25F3N4O3. The van der Waals surface area contributed by atoms with Crippen molar-refractivity contribution in [2.45, 2.75) is 37.6 Å². The summed E-state index contributed by atoms with van der Waals surface area (Å²) < 4.78 is 53.7. The highest BCUT2D eigenvalue weighted by Gasteiger charge is 2.47. The quantitative estimate of drug-likeness (QED) is 0.576. The van der Waals surface area contributed by atoms with Crippen LogP contribution in [0.2, 0.25) is 0 Å². The number of hydrogen-bond acceptors (Lipinski definition) is 5. The molecule has 0 aliphatic carbocycles. The molecule has 1 amide bonds. The molecule has 2 aliphatic rings. The van der Waals surface area contributed by atoms with Crippen LogP contribution in [0, 0.1) is 0 Å². The Bertz CT molecular complexity index is 1260. The number of methoxy groups -OCH3 is 2. The van der Waals surface area contributed by atoms with E-state index in [9.17, 15) is 18.0 Å². The van der Waals surface area contributed by atoms with E-state index in [-0.39, 0.29) is 23.8 Å². The molecular weight excluding hydrogens is 461 g/mol. The highest BCUT2D eigenvalue weighted by Crippen LogP contribution is 2.44. The monoisotopic (exact) mass is 486 g/mol. The lowest BCUT2D eigenvalue weighted by atomic mass is 9.96. The number of amides is 1. The molecule has 2 aliphatic heterocycles. The van der Waals surface area contributed by atoms with Gasteiger partial charge in [-0.25, -0.2) is 4.68 Å². The predicted molar refractivity (Wildman–Crippen MR) is 123 cm³/mol. The van der Waals surface area contributed by atoms with Crippen molar-refractivity contribution in [2.24, 2.45) is 0 Å². The van der Waals surface area contributed by atoms with Gasteiger partial charge in [0.1, 0.15) is 5.82 Å². The van der Waals surface area contributed by atoms with Crippen molar-refractivity contribution in [3.63, 3.8) is 0 Å². The molecule has 10 heteroatoms. The van der Waals surface area contributed by atoms with Gasteiger partial charge in [-0.1, -0.05) is 30.3 Å². The number of anilines is 1. The average molecular weight is 486 g/mol. The first kappa shape index (κ1) is 23.1. The van der Waals surface area contributed by atoms with E-state index in [1.54, 1.807) is 23.1 Å². The van der Waals surface area contributed by atoms with Crippen molar-refractivity contribution in [3.05, 3.63) is 70.9 Å². The third-order valence-corrected chi connectivity index (χ3v) is 6.64. The van der Waals surface area contributed by atoms with Crippen molar-refractivity contribution in [2.75, 3.05) is 26.1 Å². The molecule has 2 aromatic carbocycles. The average Bonchev–Trinajstić information content (AvgIpc) is 3.30. The van der Waals surface area contributed by atoms with Crippen LogP contribution >= 0.6 is 0 Å². The highest BCUT2D eigenvalue weighted by molar-refractivity contribution is 5.93. The minimum Gasteiger partial charge on any atom is -0.493 e. The Hall–Kier alpha value is -3.69. The Morgan fingerprint density at radius 2 is 1.80 bits per heavy atom. The van der Waals surface area contributed by atoms with Gasteiger partial charge in [-0.2, -0.15) is 18.3 Å². The summed E-state index contributed by atoms with van der Waals surface area (Å²) in [7, 11) is 2.97. The fourth-order valence-corrected chi connectivity index (χ4v) is 4.80. The molecule has 0 bridgehead atoms. The minimum absolute atomic E-state index is 0.00547. The Kier molecular flexibility index (Phi) is 5.82.